The number of hydrogen-bond acceptors (Lipinski definition) is 8. The number of hydrogen-bond donors (Lipinski definition) is 3. The molecule has 9 nitrogen and oxygen atoms in total. The molecule has 0 bridgehead atoms. The van der Waals surface area contributed by atoms with Crippen LogP contribution in [0, 0.1) is 0 Å². The summed E-state index contributed by atoms with van der Waals surface area (Å²) in [7, 11) is 0. The molecule has 2 aromatic carbocycles. The van der Waals surface area contributed by atoms with Gasteiger partial charge in [-0.25, -0.2) is 9.78 Å². The van der Waals surface area contributed by atoms with Crippen LogP contribution in [-0.4, -0.2) is 60.1 Å². The lowest BCUT2D eigenvalue weighted by Crippen LogP contribution is -2.70. The molecule has 0 radical (unpaired) electrons. The first-order chi connectivity index (χ1) is 17.5. The maximum absolute atomic E-state index is 12.9. The smallest absolute Gasteiger partial charge is 0.353 e. The summed E-state index contributed by atoms with van der Waals surface area (Å²) in [6.45, 7) is 0. The van der Waals surface area contributed by atoms with E-state index in [1.807, 2.05) is 54.6 Å². The largest absolute Gasteiger partial charge is 0.477 e. The number of fused-ring (bicyclic) bond motifs is 1. The fourth-order valence-electron chi connectivity index (χ4n) is 3.89. The van der Waals surface area contributed by atoms with Gasteiger partial charge < -0.3 is 10.4 Å². The van der Waals surface area contributed by atoms with E-state index in [1.165, 1.54) is 46.5 Å². The number of carbonyl (C=O) groups is 3. The fraction of sp³-hybridized carbons (Fsp3) is 0.208. The van der Waals surface area contributed by atoms with Crippen molar-refractivity contribution in [2.75, 3.05) is 5.75 Å². The number of amides is 2. The second kappa shape index (κ2) is 10.8. The molecule has 184 valence electrons. The van der Waals surface area contributed by atoms with Gasteiger partial charge in [-0.2, -0.15) is 5.10 Å². The zero-order valence-corrected chi connectivity index (χ0v) is 21.2. The molecule has 2 amide bonds. The van der Waals surface area contributed by atoms with E-state index in [2.05, 4.69) is 20.5 Å². The predicted octanol–water partition coefficient (Wildman–Crippen LogP) is 3.13. The Kier molecular flexibility index (Phi) is 7.35. The Bertz CT molecular complexity index is 1300. The molecule has 1 fully saturated rings. The van der Waals surface area contributed by atoms with Gasteiger partial charge in [-0.1, -0.05) is 66.0 Å². The molecule has 3 N–H and O–H groups in total. The third-order valence-corrected chi connectivity index (χ3v) is 9.10. The molecule has 0 saturated carbocycles. The van der Waals surface area contributed by atoms with Crippen LogP contribution in [0.2, 0.25) is 0 Å². The Morgan fingerprint density at radius 3 is 2.61 bits per heavy atom. The van der Waals surface area contributed by atoms with Gasteiger partial charge in [-0.3, -0.25) is 19.6 Å². The number of nitrogens with zero attached hydrogens (tertiary/aromatic N) is 3. The maximum atomic E-state index is 12.9. The van der Waals surface area contributed by atoms with E-state index in [-0.39, 0.29) is 18.0 Å². The number of β-lactam (4-membered cyclic amide) rings is 1. The SMILES string of the molecule is O=C(Cc1ccccc1)N[C@@H]1C(=O)N2C(C(=O)O)=C(Sc3ccc(CSc4ncn[nH]4)cc3)CS[C@@H]12. The Hall–Kier alpha value is -3.22. The molecule has 12 heteroatoms. The summed E-state index contributed by atoms with van der Waals surface area (Å²) in [6, 6.07) is 16.4. The minimum atomic E-state index is -1.15. The number of H-pyrrole nitrogens is 1. The van der Waals surface area contributed by atoms with E-state index in [4.69, 9.17) is 0 Å². The highest BCUT2D eigenvalue weighted by Gasteiger charge is 2.54. The number of carbonyl (C=O) groups excluding carboxylic acids is 2. The molecular weight excluding hydrogens is 518 g/mol. The van der Waals surface area contributed by atoms with Crippen molar-refractivity contribution < 1.29 is 19.5 Å². The summed E-state index contributed by atoms with van der Waals surface area (Å²) in [4.78, 5) is 44.4. The van der Waals surface area contributed by atoms with Crippen molar-refractivity contribution in [3.63, 3.8) is 0 Å². The van der Waals surface area contributed by atoms with Crippen LogP contribution in [0.25, 0.3) is 0 Å². The van der Waals surface area contributed by atoms with Crippen LogP contribution in [0.15, 0.2) is 81.6 Å². The summed E-state index contributed by atoms with van der Waals surface area (Å²) in [5, 5.41) is 19.6. The Labute approximate surface area is 219 Å². The number of nitrogens with one attached hydrogen (secondary N) is 2. The highest BCUT2D eigenvalue weighted by atomic mass is 32.2. The van der Waals surface area contributed by atoms with E-state index in [0.717, 1.165) is 26.9 Å². The second-order valence-corrected chi connectivity index (χ2v) is 11.3. The molecule has 0 aliphatic carbocycles. The number of carboxylic acids is 1. The zero-order chi connectivity index (χ0) is 25.1. The molecule has 1 aromatic heterocycles. The van der Waals surface area contributed by atoms with Gasteiger partial charge >= 0.3 is 5.97 Å². The number of carboxylic acid groups (broad SMARTS) is 1. The number of aliphatic carboxylic acids is 1. The third kappa shape index (κ3) is 5.30. The molecule has 0 unspecified atom stereocenters. The first-order valence-electron chi connectivity index (χ1n) is 11.0. The van der Waals surface area contributed by atoms with Gasteiger partial charge in [0.05, 0.1) is 6.42 Å². The number of rotatable bonds is 9. The summed E-state index contributed by atoms with van der Waals surface area (Å²) in [5.41, 5.74) is 1.94. The van der Waals surface area contributed by atoms with E-state index < -0.39 is 23.3 Å². The Morgan fingerprint density at radius 2 is 1.92 bits per heavy atom. The fourth-order valence-corrected chi connectivity index (χ4v) is 7.09. The molecule has 3 heterocycles. The summed E-state index contributed by atoms with van der Waals surface area (Å²) < 4.78 is 0. The van der Waals surface area contributed by atoms with Gasteiger partial charge in [0.25, 0.3) is 5.91 Å². The molecule has 5 rings (SSSR count). The van der Waals surface area contributed by atoms with Crippen molar-refractivity contribution in [1.82, 2.24) is 25.4 Å². The van der Waals surface area contributed by atoms with Crippen LogP contribution in [-0.2, 0) is 26.6 Å². The average Bonchev–Trinajstić information content (AvgIpc) is 3.41. The van der Waals surface area contributed by atoms with Crippen molar-refractivity contribution in [3.05, 3.63) is 82.7 Å². The van der Waals surface area contributed by atoms with Crippen molar-refractivity contribution in [2.24, 2.45) is 0 Å². The lowest BCUT2D eigenvalue weighted by atomic mass is 10.0. The predicted molar refractivity (Wildman–Crippen MR) is 138 cm³/mol. The maximum Gasteiger partial charge on any atom is 0.353 e. The molecule has 3 aromatic rings. The highest BCUT2D eigenvalue weighted by Crippen LogP contribution is 2.45. The van der Waals surface area contributed by atoms with E-state index in [1.54, 1.807) is 0 Å². The third-order valence-electron chi connectivity index (χ3n) is 5.59. The van der Waals surface area contributed by atoms with Crippen LogP contribution in [0.3, 0.4) is 0 Å². The van der Waals surface area contributed by atoms with Crippen LogP contribution in [0.1, 0.15) is 11.1 Å². The first-order valence-corrected chi connectivity index (χ1v) is 13.8. The van der Waals surface area contributed by atoms with Crippen molar-refractivity contribution >= 4 is 53.1 Å². The monoisotopic (exact) mass is 539 g/mol. The molecular formula is C24H21N5O4S3. The lowest BCUT2D eigenvalue weighted by Gasteiger charge is -2.49. The number of benzene rings is 2. The van der Waals surface area contributed by atoms with Gasteiger partial charge in [0.15, 0.2) is 5.16 Å². The Balaban J connectivity index is 1.23. The minimum absolute atomic E-state index is 0.00717. The van der Waals surface area contributed by atoms with E-state index in [9.17, 15) is 19.5 Å². The van der Waals surface area contributed by atoms with Crippen LogP contribution in [0.4, 0.5) is 0 Å². The number of aromatic nitrogens is 3. The van der Waals surface area contributed by atoms with E-state index >= 15 is 0 Å². The molecule has 2 aliphatic rings. The molecule has 2 atom stereocenters. The van der Waals surface area contributed by atoms with Gasteiger partial charge in [0.2, 0.25) is 5.91 Å². The zero-order valence-electron chi connectivity index (χ0n) is 18.8. The van der Waals surface area contributed by atoms with Gasteiger partial charge in [0, 0.05) is 21.3 Å². The number of aromatic amines is 1. The Morgan fingerprint density at radius 1 is 1.14 bits per heavy atom. The molecule has 2 aliphatic heterocycles. The van der Waals surface area contributed by atoms with Gasteiger partial charge in [-0.05, 0) is 23.3 Å². The molecule has 36 heavy (non-hydrogen) atoms. The highest BCUT2D eigenvalue weighted by molar-refractivity contribution is 8.06. The van der Waals surface area contributed by atoms with Crippen LogP contribution in [0.5, 0.6) is 0 Å². The topological polar surface area (TPSA) is 128 Å². The van der Waals surface area contributed by atoms with E-state index in [0.29, 0.717) is 10.7 Å². The van der Waals surface area contributed by atoms with Crippen molar-refractivity contribution in [1.29, 1.82) is 0 Å². The van der Waals surface area contributed by atoms with Crippen LogP contribution < -0.4 is 5.32 Å². The van der Waals surface area contributed by atoms with Gasteiger partial charge in [-0.15, -0.1) is 11.8 Å². The molecule has 0 spiro atoms. The lowest BCUT2D eigenvalue weighted by molar-refractivity contribution is -0.150. The summed E-state index contributed by atoms with van der Waals surface area (Å²) >= 11 is 4.34. The molecule has 1 saturated heterocycles. The average molecular weight is 540 g/mol. The second-order valence-electron chi connectivity index (χ2n) is 8.02. The van der Waals surface area contributed by atoms with Crippen LogP contribution >= 0.6 is 35.3 Å². The van der Waals surface area contributed by atoms with Gasteiger partial charge in [0.1, 0.15) is 23.4 Å². The minimum Gasteiger partial charge on any atom is -0.477 e. The first kappa shape index (κ1) is 24.5. The number of thioether (sulfide) groups is 3. The normalized spacial score (nSPS) is 19.0. The quantitative estimate of drug-likeness (QED) is 0.277. The van der Waals surface area contributed by atoms with Crippen molar-refractivity contribution in [3.8, 4) is 0 Å². The van der Waals surface area contributed by atoms with Crippen molar-refractivity contribution in [2.45, 2.75) is 33.6 Å². The summed E-state index contributed by atoms with van der Waals surface area (Å²) in [6.07, 6.45) is 1.63. The standard InChI is InChI=1S/C24H21N5O4S3/c30-18(10-14-4-2-1-3-5-14)27-19-21(31)29-20(23(32)33)17(12-34-22(19)29)36-16-8-6-15(7-9-16)11-35-24-25-13-26-28-24/h1-9,13,19,22H,10-12H2,(H,27,30)(H,32,33)(H,25,26,28)/t19-,22+/m1/s1. The summed E-state index contributed by atoms with van der Waals surface area (Å²) in [5.74, 6) is -0.647.